The van der Waals surface area contributed by atoms with Crippen molar-refractivity contribution in [1.82, 2.24) is 15.2 Å². The molecule has 3 N–H and O–H groups in total. The molecular formula is C32H35FN4O5S. The maximum absolute atomic E-state index is 14.2. The normalized spacial score (nSPS) is 27.9. The van der Waals surface area contributed by atoms with Crippen molar-refractivity contribution >= 4 is 45.0 Å². The molecule has 1 aliphatic carbocycles. The van der Waals surface area contributed by atoms with Crippen LogP contribution in [0.4, 0.5) is 10.1 Å². The first kappa shape index (κ1) is 29.1. The summed E-state index contributed by atoms with van der Waals surface area (Å²) in [7, 11) is 0. The number of benzene rings is 2. The third-order valence-electron chi connectivity index (χ3n) is 8.58. The van der Waals surface area contributed by atoms with Crippen molar-refractivity contribution in [2.24, 2.45) is 5.92 Å². The Hall–Kier alpha value is -3.99. The lowest BCUT2D eigenvalue weighted by Gasteiger charge is -2.30. The van der Waals surface area contributed by atoms with Crippen LogP contribution in [0.15, 0.2) is 54.6 Å². The molecule has 1 saturated carbocycles. The highest BCUT2D eigenvalue weighted by Crippen LogP contribution is 2.45. The molecule has 2 aromatic carbocycles. The number of carboxylic acid groups (broad SMARTS) is 1. The van der Waals surface area contributed by atoms with Gasteiger partial charge in [0.25, 0.3) is 5.19 Å². The van der Waals surface area contributed by atoms with E-state index in [4.69, 9.17) is 4.74 Å². The summed E-state index contributed by atoms with van der Waals surface area (Å²) in [4.78, 5) is 46.3. The first-order chi connectivity index (χ1) is 20.7. The fraction of sp³-hybridized carbons (Fsp3) is 0.438. The maximum atomic E-state index is 14.2. The number of allylic oxidation sites excluding steroid dienone is 1. The van der Waals surface area contributed by atoms with Crippen LogP contribution in [0.25, 0.3) is 10.2 Å². The number of aryl methyl sites for hydroxylation is 1. The van der Waals surface area contributed by atoms with Crippen molar-refractivity contribution in [2.45, 2.75) is 75.6 Å². The van der Waals surface area contributed by atoms with E-state index in [1.54, 1.807) is 12.1 Å². The third kappa shape index (κ3) is 6.22. The van der Waals surface area contributed by atoms with Crippen molar-refractivity contribution < 1.29 is 28.6 Å². The zero-order chi connectivity index (χ0) is 30.1. The fourth-order valence-corrected chi connectivity index (χ4v) is 7.11. The van der Waals surface area contributed by atoms with E-state index in [9.17, 15) is 23.9 Å². The first-order valence-corrected chi connectivity index (χ1v) is 15.6. The molecule has 2 fully saturated rings. The van der Waals surface area contributed by atoms with Crippen LogP contribution in [0.2, 0.25) is 0 Å². The number of carboxylic acids is 1. The van der Waals surface area contributed by atoms with Gasteiger partial charge >= 0.3 is 5.97 Å². The summed E-state index contributed by atoms with van der Waals surface area (Å²) in [5, 5.41) is 16.5. The number of rotatable bonds is 5. The highest BCUT2D eigenvalue weighted by molar-refractivity contribution is 7.20. The molecule has 6 rings (SSSR count). The molecule has 226 valence electrons. The molecule has 5 atom stereocenters. The Balaban J connectivity index is 1.29. The van der Waals surface area contributed by atoms with E-state index in [1.807, 2.05) is 37.3 Å². The van der Waals surface area contributed by atoms with E-state index in [-0.39, 0.29) is 24.8 Å². The Morgan fingerprint density at radius 3 is 2.88 bits per heavy atom. The van der Waals surface area contributed by atoms with Gasteiger partial charge in [0, 0.05) is 18.0 Å². The monoisotopic (exact) mass is 606 g/mol. The number of ether oxygens (including phenoxy) is 1. The molecule has 2 aliphatic heterocycles. The average molecular weight is 607 g/mol. The lowest BCUT2D eigenvalue weighted by atomic mass is 10.0. The summed E-state index contributed by atoms with van der Waals surface area (Å²) in [5.74, 6) is -2.63. The van der Waals surface area contributed by atoms with Gasteiger partial charge in [-0.1, -0.05) is 48.5 Å². The minimum absolute atomic E-state index is 0.136. The lowest BCUT2D eigenvalue weighted by molar-refractivity contribution is -0.145. The number of aliphatic carboxylic acids is 1. The van der Waals surface area contributed by atoms with Crippen molar-refractivity contribution in [1.29, 1.82) is 0 Å². The zero-order valence-corrected chi connectivity index (χ0v) is 24.7. The number of hydrogen-bond donors (Lipinski definition) is 3. The molecular weight excluding hydrogens is 571 g/mol. The van der Waals surface area contributed by atoms with Gasteiger partial charge in [-0.2, -0.15) is 0 Å². The summed E-state index contributed by atoms with van der Waals surface area (Å²) in [6, 6.07) is 10.3. The molecule has 0 unspecified atom stereocenters. The van der Waals surface area contributed by atoms with Crippen LogP contribution in [0.5, 0.6) is 5.19 Å². The van der Waals surface area contributed by atoms with Gasteiger partial charge in [-0.05, 0) is 68.5 Å². The Labute approximate surface area is 253 Å². The molecule has 9 nitrogen and oxygen atoms in total. The van der Waals surface area contributed by atoms with E-state index >= 15 is 0 Å². The molecule has 2 amide bonds. The average Bonchev–Trinajstić information content (AvgIpc) is 3.29. The van der Waals surface area contributed by atoms with E-state index < -0.39 is 41.4 Å². The number of thiazole rings is 1. The molecule has 1 aromatic heterocycles. The highest BCUT2D eigenvalue weighted by Gasteiger charge is 2.61. The van der Waals surface area contributed by atoms with Crippen LogP contribution < -0.4 is 15.4 Å². The molecule has 0 spiro atoms. The predicted octanol–water partition coefficient (Wildman–Crippen LogP) is 5.05. The summed E-state index contributed by atoms with van der Waals surface area (Å²) >= 11 is 1.40. The molecule has 43 heavy (non-hydrogen) atoms. The molecule has 0 radical (unpaired) electrons. The molecule has 11 heteroatoms. The number of amides is 2. The molecule has 0 bridgehead atoms. The number of nitrogens with zero attached hydrogens (tertiary/aromatic N) is 2. The van der Waals surface area contributed by atoms with Crippen molar-refractivity contribution in [3.8, 4) is 5.19 Å². The van der Waals surface area contributed by atoms with E-state index in [1.165, 1.54) is 28.4 Å². The second kappa shape index (κ2) is 11.9. The number of hydrogen-bond acceptors (Lipinski definition) is 7. The number of aromatic nitrogens is 1. The number of anilines is 1. The smallest absolute Gasteiger partial charge is 0.330 e. The molecule has 3 aromatic rings. The van der Waals surface area contributed by atoms with Crippen LogP contribution in [0.1, 0.15) is 50.5 Å². The van der Waals surface area contributed by atoms with Gasteiger partial charge in [0.05, 0.1) is 16.8 Å². The SMILES string of the molecule is Cc1ccc2nc(O[C@@H]3C[C@H]4C(=O)N[C@]5(C(=O)O)C[C@H]5C=CCCCCC[C@H](Nc5cccc(F)c5)C(=O)N4C3)sc2c1. The van der Waals surface area contributed by atoms with Crippen LogP contribution in [0, 0.1) is 18.7 Å². The topological polar surface area (TPSA) is 121 Å². The fourth-order valence-electron chi connectivity index (χ4n) is 6.13. The zero-order valence-electron chi connectivity index (χ0n) is 23.9. The summed E-state index contributed by atoms with van der Waals surface area (Å²) in [6.07, 6.45) is 7.65. The number of carbonyl (C=O) groups excluding carboxylic acids is 2. The van der Waals surface area contributed by atoms with Crippen molar-refractivity contribution in [2.75, 3.05) is 11.9 Å². The van der Waals surface area contributed by atoms with Gasteiger partial charge in [-0.15, -0.1) is 0 Å². The second-order valence-electron chi connectivity index (χ2n) is 11.8. The number of carbonyl (C=O) groups is 3. The van der Waals surface area contributed by atoms with Crippen molar-refractivity contribution in [3.05, 3.63) is 66.0 Å². The second-order valence-corrected chi connectivity index (χ2v) is 12.8. The Morgan fingerprint density at radius 1 is 1.21 bits per heavy atom. The van der Waals surface area contributed by atoms with Gasteiger partial charge in [-0.3, -0.25) is 9.59 Å². The number of halogens is 1. The Morgan fingerprint density at radius 2 is 2.07 bits per heavy atom. The van der Waals surface area contributed by atoms with Crippen LogP contribution in [-0.4, -0.2) is 63.0 Å². The van der Waals surface area contributed by atoms with Crippen LogP contribution in [0.3, 0.4) is 0 Å². The van der Waals surface area contributed by atoms with Crippen LogP contribution >= 0.6 is 11.3 Å². The van der Waals surface area contributed by atoms with Gasteiger partial charge in [0.1, 0.15) is 29.5 Å². The van der Waals surface area contributed by atoms with Gasteiger partial charge in [-0.25, -0.2) is 14.2 Å². The van der Waals surface area contributed by atoms with Crippen LogP contribution in [-0.2, 0) is 14.4 Å². The maximum Gasteiger partial charge on any atom is 0.330 e. The molecule has 3 aliphatic rings. The van der Waals surface area contributed by atoms with Gasteiger partial charge in [0.15, 0.2) is 0 Å². The first-order valence-electron chi connectivity index (χ1n) is 14.8. The summed E-state index contributed by atoms with van der Waals surface area (Å²) in [5.41, 5.74) is 1.01. The van der Waals surface area contributed by atoms with Crippen molar-refractivity contribution in [3.63, 3.8) is 0 Å². The molecule has 3 heterocycles. The standard InChI is InChI=1S/C32H35FN4O5S/c1-19-12-13-24-27(14-19)43-31(35-24)42-23-16-26-28(38)36-32(30(40)41)17-20(32)8-5-3-2-4-6-11-25(29(39)37(26)18-23)34-22-10-7-9-21(33)15-22/h5,7-10,12-15,20,23,25-26,34H,2-4,6,11,16-18H2,1H3,(H,36,38)(H,40,41)/t20-,23-,25+,26+,32-/m1/s1. The minimum Gasteiger partial charge on any atom is -0.479 e. The Kier molecular flexibility index (Phi) is 8.09. The van der Waals surface area contributed by atoms with Gasteiger partial charge < -0.3 is 25.4 Å². The Bertz CT molecular complexity index is 1580. The lowest BCUT2D eigenvalue weighted by Crippen LogP contribution is -2.55. The quantitative estimate of drug-likeness (QED) is 0.348. The van der Waals surface area contributed by atoms with E-state index in [0.29, 0.717) is 23.7 Å². The predicted molar refractivity (Wildman–Crippen MR) is 162 cm³/mol. The highest BCUT2D eigenvalue weighted by atomic mass is 32.1. The minimum atomic E-state index is -1.38. The summed E-state index contributed by atoms with van der Waals surface area (Å²) < 4.78 is 21.2. The van der Waals surface area contributed by atoms with E-state index in [0.717, 1.165) is 41.5 Å². The molecule has 1 saturated heterocycles. The van der Waals surface area contributed by atoms with Gasteiger partial charge in [0.2, 0.25) is 11.8 Å². The van der Waals surface area contributed by atoms with E-state index in [2.05, 4.69) is 15.6 Å². The largest absolute Gasteiger partial charge is 0.479 e. The summed E-state index contributed by atoms with van der Waals surface area (Å²) in [6.45, 7) is 2.14. The number of fused-ring (bicyclic) bond motifs is 3. The third-order valence-corrected chi connectivity index (χ3v) is 9.49. The number of nitrogens with one attached hydrogen (secondary N) is 2.